The Morgan fingerprint density at radius 3 is 2.75 bits per heavy atom. The lowest BCUT2D eigenvalue weighted by molar-refractivity contribution is 0.511. The molecule has 0 aliphatic heterocycles. The number of rotatable bonds is 6. The molecule has 0 amide bonds. The van der Waals surface area contributed by atoms with E-state index in [1.54, 1.807) is 0 Å². The second-order valence-corrected chi connectivity index (χ2v) is 6.31. The van der Waals surface area contributed by atoms with Gasteiger partial charge in [-0.05, 0) is 30.7 Å². The molecule has 6 heteroatoms. The first-order valence-corrected chi connectivity index (χ1v) is 8.32. The standard InChI is InChI=1S/C14H18Br2N4/c1-3-7-20-13(9-18-19-20)14(17-4-2)11-6-5-10(15)8-12(11)16/h5-6,8-9,14,17H,3-4,7H2,1-2H3. The van der Waals surface area contributed by atoms with Crippen molar-refractivity contribution in [3.05, 3.63) is 44.6 Å². The van der Waals surface area contributed by atoms with Crippen molar-refractivity contribution in [2.45, 2.75) is 32.9 Å². The lowest BCUT2D eigenvalue weighted by Crippen LogP contribution is -2.25. The smallest absolute Gasteiger partial charge is 0.0802 e. The molecule has 0 bridgehead atoms. The summed E-state index contributed by atoms with van der Waals surface area (Å²) in [5, 5.41) is 11.8. The Kier molecular flexibility index (Phi) is 5.74. The molecular formula is C14H18Br2N4. The zero-order valence-corrected chi connectivity index (χ0v) is 14.8. The van der Waals surface area contributed by atoms with Crippen LogP contribution in [0, 0.1) is 0 Å². The SMILES string of the molecule is CCCn1nncc1C(NCC)c1ccc(Br)cc1Br. The van der Waals surface area contributed by atoms with Gasteiger partial charge in [0.15, 0.2) is 0 Å². The molecule has 1 atom stereocenters. The maximum Gasteiger partial charge on any atom is 0.0802 e. The molecule has 2 rings (SSSR count). The van der Waals surface area contributed by atoms with Crippen LogP contribution in [0.3, 0.4) is 0 Å². The molecule has 108 valence electrons. The summed E-state index contributed by atoms with van der Waals surface area (Å²) >= 11 is 7.14. The monoisotopic (exact) mass is 400 g/mol. The van der Waals surface area contributed by atoms with Crippen molar-refractivity contribution < 1.29 is 0 Å². The topological polar surface area (TPSA) is 42.7 Å². The molecule has 0 aliphatic carbocycles. The minimum atomic E-state index is 0.0871. The van der Waals surface area contributed by atoms with Gasteiger partial charge in [-0.1, -0.05) is 57.0 Å². The lowest BCUT2D eigenvalue weighted by atomic mass is 10.0. The van der Waals surface area contributed by atoms with Crippen molar-refractivity contribution in [3.63, 3.8) is 0 Å². The van der Waals surface area contributed by atoms with Gasteiger partial charge in [-0.15, -0.1) is 5.10 Å². The fourth-order valence-electron chi connectivity index (χ4n) is 2.19. The average Bonchev–Trinajstić information content (AvgIpc) is 2.85. The summed E-state index contributed by atoms with van der Waals surface area (Å²) in [6.07, 6.45) is 2.88. The van der Waals surface area contributed by atoms with E-state index in [2.05, 4.69) is 79.5 Å². The van der Waals surface area contributed by atoms with Crippen molar-refractivity contribution in [1.82, 2.24) is 20.3 Å². The highest BCUT2D eigenvalue weighted by Crippen LogP contribution is 2.30. The van der Waals surface area contributed by atoms with E-state index in [9.17, 15) is 0 Å². The van der Waals surface area contributed by atoms with Crippen LogP contribution in [0.4, 0.5) is 0 Å². The van der Waals surface area contributed by atoms with Crippen LogP contribution >= 0.6 is 31.9 Å². The first-order chi connectivity index (χ1) is 9.67. The van der Waals surface area contributed by atoms with Crippen LogP contribution in [-0.2, 0) is 6.54 Å². The quantitative estimate of drug-likeness (QED) is 0.797. The second kappa shape index (κ2) is 7.33. The number of nitrogens with one attached hydrogen (secondary N) is 1. The minimum absolute atomic E-state index is 0.0871. The third kappa shape index (κ3) is 3.48. The summed E-state index contributed by atoms with van der Waals surface area (Å²) in [6, 6.07) is 6.32. The first kappa shape index (κ1) is 15.7. The van der Waals surface area contributed by atoms with E-state index in [1.807, 2.05) is 10.9 Å². The van der Waals surface area contributed by atoms with E-state index in [0.29, 0.717) is 0 Å². The normalized spacial score (nSPS) is 12.6. The molecule has 4 nitrogen and oxygen atoms in total. The van der Waals surface area contributed by atoms with Crippen LogP contribution in [0.2, 0.25) is 0 Å². The van der Waals surface area contributed by atoms with E-state index in [0.717, 1.165) is 34.1 Å². The predicted molar refractivity (Wildman–Crippen MR) is 87.7 cm³/mol. The molecule has 1 unspecified atom stereocenters. The van der Waals surface area contributed by atoms with Crippen molar-refractivity contribution in [2.75, 3.05) is 6.54 Å². The molecule has 0 fully saturated rings. The Balaban J connectivity index is 2.42. The first-order valence-electron chi connectivity index (χ1n) is 6.74. The van der Waals surface area contributed by atoms with Crippen LogP contribution in [0.5, 0.6) is 0 Å². The van der Waals surface area contributed by atoms with Gasteiger partial charge in [-0.25, -0.2) is 4.68 Å². The Bertz CT molecular complexity index is 568. The number of halogens is 2. The third-order valence-corrected chi connectivity index (χ3v) is 4.24. The summed E-state index contributed by atoms with van der Waals surface area (Å²) in [7, 11) is 0. The molecule has 1 N–H and O–H groups in total. The maximum absolute atomic E-state index is 4.18. The van der Waals surface area contributed by atoms with E-state index in [1.165, 1.54) is 5.56 Å². The van der Waals surface area contributed by atoms with Gasteiger partial charge in [0.2, 0.25) is 0 Å². The van der Waals surface area contributed by atoms with Gasteiger partial charge in [0, 0.05) is 15.5 Å². The van der Waals surface area contributed by atoms with Gasteiger partial charge in [0.05, 0.1) is 17.9 Å². The molecule has 1 aromatic heterocycles. The van der Waals surface area contributed by atoms with Crippen molar-refractivity contribution in [2.24, 2.45) is 0 Å². The van der Waals surface area contributed by atoms with Crippen molar-refractivity contribution in [1.29, 1.82) is 0 Å². The van der Waals surface area contributed by atoms with Gasteiger partial charge < -0.3 is 5.32 Å². The lowest BCUT2D eigenvalue weighted by Gasteiger charge is -2.20. The number of aryl methyl sites for hydroxylation is 1. The Morgan fingerprint density at radius 2 is 2.10 bits per heavy atom. The predicted octanol–water partition coefficient (Wildman–Crippen LogP) is 3.91. The highest BCUT2D eigenvalue weighted by molar-refractivity contribution is 9.11. The maximum atomic E-state index is 4.18. The zero-order chi connectivity index (χ0) is 14.5. The largest absolute Gasteiger partial charge is 0.305 e. The summed E-state index contributed by atoms with van der Waals surface area (Å²) in [6.45, 7) is 6.01. The highest BCUT2D eigenvalue weighted by Gasteiger charge is 2.20. The van der Waals surface area contributed by atoms with Crippen LogP contribution in [0.25, 0.3) is 0 Å². The number of nitrogens with zero attached hydrogens (tertiary/aromatic N) is 3. The van der Waals surface area contributed by atoms with Crippen LogP contribution in [-0.4, -0.2) is 21.5 Å². The summed E-state index contributed by atoms with van der Waals surface area (Å²) in [5.74, 6) is 0. The summed E-state index contributed by atoms with van der Waals surface area (Å²) < 4.78 is 4.10. The van der Waals surface area contributed by atoms with E-state index in [4.69, 9.17) is 0 Å². The van der Waals surface area contributed by atoms with Gasteiger partial charge >= 0.3 is 0 Å². The Hall–Kier alpha value is -0.720. The molecule has 1 aromatic carbocycles. The number of hydrogen-bond acceptors (Lipinski definition) is 3. The number of aromatic nitrogens is 3. The fraction of sp³-hybridized carbons (Fsp3) is 0.429. The Morgan fingerprint density at radius 1 is 1.30 bits per heavy atom. The van der Waals surface area contributed by atoms with E-state index in [-0.39, 0.29) is 6.04 Å². The van der Waals surface area contributed by atoms with Crippen LogP contribution < -0.4 is 5.32 Å². The molecule has 2 aromatic rings. The second-order valence-electron chi connectivity index (χ2n) is 4.54. The van der Waals surface area contributed by atoms with E-state index >= 15 is 0 Å². The zero-order valence-electron chi connectivity index (χ0n) is 11.6. The molecule has 1 heterocycles. The van der Waals surface area contributed by atoms with Crippen molar-refractivity contribution >= 4 is 31.9 Å². The molecule has 0 spiro atoms. The van der Waals surface area contributed by atoms with Crippen LogP contribution in [0.15, 0.2) is 33.3 Å². The molecule has 0 saturated carbocycles. The van der Waals surface area contributed by atoms with Gasteiger partial charge in [0.25, 0.3) is 0 Å². The van der Waals surface area contributed by atoms with Gasteiger partial charge in [-0.2, -0.15) is 0 Å². The molecule has 0 aliphatic rings. The van der Waals surface area contributed by atoms with Crippen LogP contribution in [0.1, 0.15) is 37.6 Å². The molecular weight excluding hydrogens is 384 g/mol. The van der Waals surface area contributed by atoms with Gasteiger partial charge in [-0.3, -0.25) is 0 Å². The van der Waals surface area contributed by atoms with Crippen molar-refractivity contribution in [3.8, 4) is 0 Å². The molecule has 0 saturated heterocycles. The van der Waals surface area contributed by atoms with Gasteiger partial charge in [0.1, 0.15) is 0 Å². The summed E-state index contributed by atoms with van der Waals surface area (Å²) in [5.41, 5.74) is 2.28. The molecule has 0 radical (unpaired) electrons. The highest BCUT2D eigenvalue weighted by atomic mass is 79.9. The van der Waals surface area contributed by atoms with E-state index < -0.39 is 0 Å². The minimum Gasteiger partial charge on any atom is -0.305 e. The fourth-order valence-corrected chi connectivity index (χ4v) is 3.46. The Labute approximate surface area is 136 Å². The number of hydrogen-bond donors (Lipinski definition) is 1. The molecule has 20 heavy (non-hydrogen) atoms. The average molecular weight is 402 g/mol. The number of benzene rings is 1. The third-order valence-electron chi connectivity index (χ3n) is 3.06. The summed E-state index contributed by atoms with van der Waals surface area (Å²) in [4.78, 5) is 0.